The minimum Gasteiger partial charge on any atom is -0.504 e. The first-order valence-corrected chi connectivity index (χ1v) is 10.4. The molecule has 0 saturated heterocycles. The second-order valence-electron chi connectivity index (χ2n) is 7.63. The predicted molar refractivity (Wildman–Crippen MR) is 128 cm³/mol. The lowest BCUT2D eigenvalue weighted by molar-refractivity contribution is 0.356. The number of phenolic OH excluding ortho intramolecular Hbond substituents is 1. The zero-order valence-electron chi connectivity index (χ0n) is 18.8. The SMILES string of the molecule is COc1ccc(-c2nc3c(c(C)nn3-c3ccccc3)c3cc(OC)c(OC)cc23)cc1O. The zero-order valence-corrected chi connectivity index (χ0v) is 18.8. The highest BCUT2D eigenvalue weighted by atomic mass is 16.5. The summed E-state index contributed by atoms with van der Waals surface area (Å²) in [5.74, 6) is 1.65. The summed E-state index contributed by atoms with van der Waals surface area (Å²) >= 11 is 0. The Kier molecular flexibility index (Phi) is 5.01. The van der Waals surface area contributed by atoms with Gasteiger partial charge in [0.05, 0.1) is 43.8 Å². The number of hydrogen-bond acceptors (Lipinski definition) is 6. The Labute approximate surface area is 190 Å². The molecule has 7 nitrogen and oxygen atoms in total. The Hall–Kier alpha value is -4.26. The molecule has 0 spiro atoms. The van der Waals surface area contributed by atoms with E-state index in [1.807, 2.05) is 60.1 Å². The van der Waals surface area contributed by atoms with E-state index in [9.17, 15) is 5.11 Å². The molecule has 33 heavy (non-hydrogen) atoms. The predicted octanol–water partition coefficient (Wildman–Crippen LogP) is 5.28. The van der Waals surface area contributed by atoms with E-state index in [0.717, 1.165) is 33.1 Å². The maximum Gasteiger partial charge on any atom is 0.164 e. The number of aryl methyl sites for hydroxylation is 1. The molecule has 1 N–H and O–H groups in total. The van der Waals surface area contributed by atoms with Crippen molar-refractivity contribution in [1.29, 1.82) is 0 Å². The monoisotopic (exact) mass is 441 g/mol. The second kappa shape index (κ2) is 8.02. The second-order valence-corrected chi connectivity index (χ2v) is 7.63. The zero-order chi connectivity index (χ0) is 23.1. The normalized spacial score (nSPS) is 11.2. The summed E-state index contributed by atoms with van der Waals surface area (Å²) < 4.78 is 18.2. The molecule has 0 amide bonds. The van der Waals surface area contributed by atoms with Crippen LogP contribution in [0.4, 0.5) is 0 Å². The van der Waals surface area contributed by atoms with Gasteiger partial charge in [-0.05, 0) is 49.4 Å². The average molecular weight is 441 g/mol. The van der Waals surface area contributed by atoms with E-state index in [0.29, 0.717) is 28.6 Å². The molecule has 0 aliphatic carbocycles. The van der Waals surface area contributed by atoms with Crippen molar-refractivity contribution in [2.75, 3.05) is 21.3 Å². The first-order valence-electron chi connectivity index (χ1n) is 10.4. The third kappa shape index (κ3) is 3.29. The maximum absolute atomic E-state index is 10.4. The number of phenols is 1. The molecule has 0 aliphatic rings. The van der Waals surface area contributed by atoms with E-state index in [1.165, 1.54) is 7.11 Å². The summed E-state index contributed by atoms with van der Waals surface area (Å²) in [5, 5.41) is 18.0. The van der Waals surface area contributed by atoms with Gasteiger partial charge in [0.15, 0.2) is 28.6 Å². The van der Waals surface area contributed by atoms with E-state index < -0.39 is 0 Å². The van der Waals surface area contributed by atoms with Gasteiger partial charge in [-0.3, -0.25) is 0 Å². The smallest absolute Gasteiger partial charge is 0.164 e. The molecule has 2 aromatic heterocycles. The van der Waals surface area contributed by atoms with Crippen LogP contribution in [0.2, 0.25) is 0 Å². The molecule has 0 fully saturated rings. The summed E-state index contributed by atoms with van der Waals surface area (Å²) in [5.41, 5.74) is 3.90. The molecule has 0 bridgehead atoms. The molecule has 166 valence electrons. The third-order valence-corrected chi connectivity index (χ3v) is 5.75. The summed E-state index contributed by atoms with van der Waals surface area (Å²) in [6, 6.07) is 19.0. The van der Waals surface area contributed by atoms with Gasteiger partial charge in [-0.2, -0.15) is 5.10 Å². The minimum absolute atomic E-state index is 0.0401. The van der Waals surface area contributed by atoms with Gasteiger partial charge >= 0.3 is 0 Å². The fraction of sp³-hybridized carbons (Fsp3) is 0.154. The van der Waals surface area contributed by atoms with Gasteiger partial charge < -0.3 is 19.3 Å². The highest BCUT2D eigenvalue weighted by Crippen LogP contribution is 2.42. The molecule has 3 aromatic carbocycles. The fourth-order valence-corrected chi connectivity index (χ4v) is 4.19. The Morgan fingerprint density at radius 2 is 1.45 bits per heavy atom. The van der Waals surface area contributed by atoms with Gasteiger partial charge in [0.1, 0.15) is 0 Å². The average Bonchev–Trinajstić information content (AvgIpc) is 3.19. The molecule has 2 heterocycles. The third-order valence-electron chi connectivity index (χ3n) is 5.75. The van der Waals surface area contributed by atoms with Crippen LogP contribution in [0.3, 0.4) is 0 Å². The molecular weight excluding hydrogens is 418 g/mol. The molecule has 0 radical (unpaired) electrons. The van der Waals surface area contributed by atoms with Gasteiger partial charge in [0.2, 0.25) is 0 Å². The van der Waals surface area contributed by atoms with Crippen LogP contribution in [0.25, 0.3) is 38.8 Å². The summed E-state index contributed by atoms with van der Waals surface area (Å²) in [4.78, 5) is 5.05. The maximum atomic E-state index is 10.4. The first kappa shape index (κ1) is 20.6. The number of ether oxygens (including phenoxy) is 3. The lowest BCUT2D eigenvalue weighted by atomic mass is 10.00. The summed E-state index contributed by atoms with van der Waals surface area (Å²) in [7, 11) is 4.74. The summed E-state index contributed by atoms with van der Waals surface area (Å²) in [6.45, 7) is 1.97. The van der Waals surface area contributed by atoms with E-state index in [4.69, 9.17) is 24.3 Å². The number of hydrogen-bond donors (Lipinski definition) is 1. The number of benzene rings is 3. The van der Waals surface area contributed by atoms with E-state index in [2.05, 4.69) is 0 Å². The number of pyridine rings is 1. The van der Waals surface area contributed by atoms with Crippen LogP contribution in [0, 0.1) is 6.92 Å². The molecule has 5 aromatic rings. The fourth-order valence-electron chi connectivity index (χ4n) is 4.19. The van der Waals surface area contributed by atoms with Gasteiger partial charge in [-0.1, -0.05) is 18.2 Å². The van der Waals surface area contributed by atoms with E-state index >= 15 is 0 Å². The molecule has 0 atom stereocenters. The lowest BCUT2D eigenvalue weighted by Gasteiger charge is -2.14. The van der Waals surface area contributed by atoms with E-state index in [1.54, 1.807) is 26.4 Å². The number of aromatic hydroxyl groups is 1. The number of aromatic nitrogens is 3. The topological polar surface area (TPSA) is 78.6 Å². The van der Waals surface area contributed by atoms with Gasteiger partial charge in [0.25, 0.3) is 0 Å². The Balaban J connectivity index is 1.92. The Morgan fingerprint density at radius 1 is 0.788 bits per heavy atom. The highest BCUT2D eigenvalue weighted by Gasteiger charge is 2.21. The van der Waals surface area contributed by atoms with Crippen molar-refractivity contribution in [3.8, 4) is 39.9 Å². The molecule has 5 rings (SSSR count). The molecule has 0 aliphatic heterocycles. The van der Waals surface area contributed by atoms with Crippen molar-refractivity contribution < 1.29 is 19.3 Å². The van der Waals surface area contributed by atoms with Crippen LogP contribution >= 0.6 is 0 Å². The first-order chi connectivity index (χ1) is 16.0. The Bertz CT molecular complexity index is 1490. The van der Waals surface area contributed by atoms with Crippen LogP contribution < -0.4 is 14.2 Å². The Morgan fingerprint density at radius 3 is 2.09 bits per heavy atom. The van der Waals surface area contributed by atoms with E-state index in [-0.39, 0.29) is 5.75 Å². The molecule has 7 heteroatoms. The van der Waals surface area contributed by atoms with Crippen LogP contribution in [0.5, 0.6) is 23.0 Å². The van der Waals surface area contributed by atoms with Gasteiger partial charge in [0, 0.05) is 16.3 Å². The quantitative estimate of drug-likeness (QED) is 0.400. The number of fused-ring (bicyclic) bond motifs is 3. The van der Waals surface area contributed by atoms with Crippen molar-refractivity contribution in [1.82, 2.24) is 14.8 Å². The number of rotatable bonds is 5. The van der Waals surface area contributed by atoms with Crippen LogP contribution in [-0.4, -0.2) is 41.2 Å². The van der Waals surface area contributed by atoms with Crippen molar-refractivity contribution in [2.45, 2.75) is 6.92 Å². The number of methoxy groups -OCH3 is 3. The molecule has 0 saturated carbocycles. The van der Waals surface area contributed by atoms with Gasteiger partial charge in [-0.25, -0.2) is 9.67 Å². The van der Waals surface area contributed by atoms with Gasteiger partial charge in [-0.15, -0.1) is 0 Å². The molecular formula is C26H23N3O4. The summed E-state index contributed by atoms with van der Waals surface area (Å²) in [6.07, 6.45) is 0. The van der Waals surface area contributed by atoms with Crippen molar-refractivity contribution in [3.63, 3.8) is 0 Å². The minimum atomic E-state index is 0.0401. The largest absolute Gasteiger partial charge is 0.504 e. The van der Waals surface area contributed by atoms with Crippen molar-refractivity contribution >= 4 is 21.8 Å². The molecule has 0 unspecified atom stereocenters. The van der Waals surface area contributed by atoms with Crippen molar-refractivity contribution in [3.05, 3.63) is 66.4 Å². The van der Waals surface area contributed by atoms with Crippen LogP contribution in [0.1, 0.15) is 5.69 Å². The number of para-hydroxylation sites is 1. The van der Waals surface area contributed by atoms with Crippen molar-refractivity contribution in [2.24, 2.45) is 0 Å². The number of nitrogens with zero attached hydrogens (tertiary/aromatic N) is 3. The highest BCUT2D eigenvalue weighted by molar-refractivity contribution is 6.12. The lowest BCUT2D eigenvalue weighted by Crippen LogP contribution is -1.99. The van der Waals surface area contributed by atoms with Crippen LogP contribution in [0.15, 0.2) is 60.7 Å². The van der Waals surface area contributed by atoms with Crippen LogP contribution in [-0.2, 0) is 0 Å². The standard InChI is InChI=1S/C26H23N3O4/c1-15-24-18-13-22(32-3)23(33-4)14-19(18)25(16-10-11-21(31-2)20(30)12-16)27-26(24)29(28-15)17-8-6-5-7-9-17/h5-14,30H,1-4H3.